The van der Waals surface area contributed by atoms with Gasteiger partial charge in [-0.05, 0) is 40.5 Å². The molecule has 2 aliphatic heterocycles. The summed E-state index contributed by atoms with van der Waals surface area (Å²) < 4.78 is 0. The Labute approximate surface area is 155 Å². The van der Waals surface area contributed by atoms with Gasteiger partial charge in [0.1, 0.15) is 0 Å². The maximum absolute atomic E-state index is 13.0. The monoisotopic (exact) mass is 351 g/mol. The van der Waals surface area contributed by atoms with E-state index >= 15 is 0 Å². The molecule has 146 valence electrons. The van der Waals surface area contributed by atoms with Gasteiger partial charge in [-0.3, -0.25) is 4.90 Å². The number of carbonyl (C=O) groups is 1. The predicted octanol–water partition coefficient (Wildman–Crippen LogP) is 4.74. The van der Waals surface area contributed by atoms with Crippen molar-refractivity contribution >= 4 is 6.03 Å². The molecule has 4 nitrogen and oxygen atoms in total. The number of amides is 2. The largest absolute Gasteiger partial charge is 0.320 e. The number of fused-ring (bicyclic) bond motifs is 1. The molecule has 2 fully saturated rings. The maximum atomic E-state index is 13.0. The average Bonchev–Trinajstić information content (AvgIpc) is 2.90. The molecule has 0 N–H and O–H groups in total. The zero-order chi connectivity index (χ0) is 18.7. The number of carbonyl (C=O) groups excluding carboxylic acids is 1. The van der Waals surface area contributed by atoms with Gasteiger partial charge in [0.05, 0.1) is 6.04 Å². The van der Waals surface area contributed by atoms with E-state index in [2.05, 4.69) is 56.2 Å². The summed E-state index contributed by atoms with van der Waals surface area (Å²) in [6.07, 6.45) is 8.66. The third-order valence-corrected chi connectivity index (χ3v) is 6.47. The van der Waals surface area contributed by atoms with E-state index in [1.54, 1.807) is 0 Å². The molecule has 0 aromatic carbocycles. The first kappa shape index (κ1) is 20.5. The number of hydrogen-bond acceptors (Lipinski definition) is 2. The zero-order valence-electron chi connectivity index (χ0n) is 17.6. The summed E-state index contributed by atoms with van der Waals surface area (Å²) in [4.78, 5) is 19.9. The van der Waals surface area contributed by atoms with Crippen molar-refractivity contribution in [2.45, 2.75) is 104 Å². The van der Waals surface area contributed by atoms with Gasteiger partial charge < -0.3 is 9.80 Å². The summed E-state index contributed by atoms with van der Waals surface area (Å²) in [6, 6.07) is 0.641. The highest BCUT2D eigenvalue weighted by atomic mass is 16.2. The van der Waals surface area contributed by atoms with Crippen molar-refractivity contribution in [3.05, 3.63) is 0 Å². The first-order valence-electron chi connectivity index (χ1n) is 10.6. The number of piperazine rings is 1. The zero-order valence-corrected chi connectivity index (χ0v) is 17.6. The van der Waals surface area contributed by atoms with Crippen LogP contribution in [0.4, 0.5) is 4.79 Å². The number of urea groups is 1. The smallest absolute Gasteiger partial charge is 0.317 e. The van der Waals surface area contributed by atoms with Gasteiger partial charge in [-0.1, -0.05) is 46.0 Å². The third kappa shape index (κ3) is 4.69. The SMILES string of the molecule is CCCCCC(C)(C)N1CCN2C(=O)N(C(C)(C)CCCC)CC2C1. The van der Waals surface area contributed by atoms with Gasteiger partial charge >= 0.3 is 6.03 Å². The summed E-state index contributed by atoms with van der Waals surface area (Å²) in [5.41, 5.74) is 0.224. The molecule has 0 aromatic heterocycles. The predicted molar refractivity (Wildman–Crippen MR) is 106 cm³/mol. The summed E-state index contributed by atoms with van der Waals surface area (Å²) in [5, 5.41) is 0. The molecule has 0 aliphatic carbocycles. The molecule has 0 aromatic rings. The van der Waals surface area contributed by atoms with Crippen molar-refractivity contribution in [3.8, 4) is 0 Å². The lowest BCUT2D eigenvalue weighted by Crippen LogP contribution is -2.58. The van der Waals surface area contributed by atoms with Crippen LogP contribution in [0.25, 0.3) is 0 Å². The van der Waals surface area contributed by atoms with Gasteiger partial charge in [-0.2, -0.15) is 0 Å². The van der Waals surface area contributed by atoms with Gasteiger partial charge in [0.2, 0.25) is 0 Å². The molecular formula is C21H41N3O. The van der Waals surface area contributed by atoms with Crippen molar-refractivity contribution in [2.75, 3.05) is 26.2 Å². The van der Waals surface area contributed by atoms with E-state index in [4.69, 9.17) is 0 Å². The van der Waals surface area contributed by atoms with Crippen LogP contribution in [0.1, 0.15) is 86.5 Å². The lowest BCUT2D eigenvalue weighted by Gasteiger charge is -2.45. The lowest BCUT2D eigenvalue weighted by atomic mass is 9.92. The molecule has 2 amide bonds. The van der Waals surface area contributed by atoms with E-state index < -0.39 is 0 Å². The Bertz CT molecular complexity index is 446. The minimum absolute atomic E-state index is 0.0219. The van der Waals surface area contributed by atoms with Crippen LogP contribution in [-0.4, -0.2) is 64.0 Å². The quantitative estimate of drug-likeness (QED) is 0.561. The Balaban J connectivity index is 1.98. The van der Waals surface area contributed by atoms with Crippen molar-refractivity contribution in [2.24, 2.45) is 0 Å². The van der Waals surface area contributed by atoms with Crippen molar-refractivity contribution < 1.29 is 4.79 Å². The molecule has 1 unspecified atom stereocenters. The second kappa shape index (κ2) is 8.28. The van der Waals surface area contributed by atoms with Gasteiger partial charge in [-0.25, -0.2) is 4.79 Å². The van der Waals surface area contributed by atoms with Gasteiger partial charge in [0.25, 0.3) is 0 Å². The fourth-order valence-corrected chi connectivity index (χ4v) is 4.47. The van der Waals surface area contributed by atoms with Crippen molar-refractivity contribution in [3.63, 3.8) is 0 Å². The Morgan fingerprint density at radius 2 is 1.52 bits per heavy atom. The number of hydrogen-bond donors (Lipinski definition) is 0. The molecule has 0 bridgehead atoms. The number of unbranched alkanes of at least 4 members (excludes halogenated alkanes) is 3. The average molecular weight is 352 g/mol. The molecule has 0 spiro atoms. The minimum atomic E-state index is -0.0219. The van der Waals surface area contributed by atoms with Crippen LogP contribution < -0.4 is 0 Å². The number of rotatable bonds is 9. The van der Waals surface area contributed by atoms with E-state index in [1.807, 2.05) is 0 Å². The van der Waals surface area contributed by atoms with Crippen LogP contribution in [0.5, 0.6) is 0 Å². The normalized spacial score (nSPS) is 22.6. The summed E-state index contributed by atoms with van der Waals surface area (Å²) >= 11 is 0. The van der Waals surface area contributed by atoms with Crippen LogP contribution in [0.15, 0.2) is 0 Å². The van der Waals surface area contributed by atoms with Crippen molar-refractivity contribution in [1.29, 1.82) is 0 Å². The molecular weight excluding hydrogens is 310 g/mol. The van der Waals surface area contributed by atoms with Crippen molar-refractivity contribution in [1.82, 2.24) is 14.7 Å². The Morgan fingerprint density at radius 1 is 0.880 bits per heavy atom. The molecule has 0 saturated carbocycles. The molecule has 25 heavy (non-hydrogen) atoms. The second-order valence-corrected chi connectivity index (χ2v) is 9.37. The van der Waals surface area contributed by atoms with Gasteiger partial charge in [0, 0.05) is 37.3 Å². The first-order valence-corrected chi connectivity index (χ1v) is 10.6. The minimum Gasteiger partial charge on any atom is -0.317 e. The molecule has 2 rings (SSSR count). The van der Waals surface area contributed by atoms with Gasteiger partial charge in [0.15, 0.2) is 0 Å². The summed E-state index contributed by atoms with van der Waals surface area (Å²) in [5.74, 6) is 0. The Hall–Kier alpha value is -0.770. The topological polar surface area (TPSA) is 26.8 Å². The first-order chi connectivity index (χ1) is 11.7. The van der Waals surface area contributed by atoms with Crippen LogP contribution in [0, 0.1) is 0 Å². The molecule has 2 aliphatic rings. The van der Waals surface area contributed by atoms with Crippen LogP contribution in [0.3, 0.4) is 0 Å². The second-order valence-electron chi connectivity index (χ2n) is 9.37. The maximum Gasteiger partial charge on any atom is 0.320 e. The highest BCUT2D eigenvalue weighted by Crippen LogP contribution is 2.33. The molecule has 2 saturated heterocycles. The van der Waals surface area contributed by atoms with Crippen LogP contribution >= 0.6 is 0 Å². The molecule has 0 radical (unpaired) electrons. The fourth-order valence-electron chi connectivity index (χ4n) is 4.47. The van der Waals surface area contributed by atoms with E-state index in [1.165, 1.54) is 38.5 Å². The van der Waals surface area contributed by atoms with E-state index in [0.29, 0.717) is 6.04 Å². The fraction of sp³-hybridized carbons (Fsp3) is 0.952. The Kier molecular flexibility index (Phi) is 6.80. The van der Waals surface area contributed by atoms with Gasteiger partial charge in [-0.15, -0.1) is 0 Å². The standard InChI is InChI=1S/C21H41N3O/c1-7-9-11-13-20(3,4)22-14-15-23-18(16-22)17-24(19(23)25)21(5,6)12-10-8-2/h18H,7-17H2,1-6H3. The number of nitrogens with zero attached hydrogens (tertiary/aromatic N) is 3. The summed E-state index contributed by atoms with van der Waals surface area (Å²) in [7, 11) is 0. The van der Waals surface area contributed by atoms with Crippen LogP contribution in [0.2, 0.25) is 0 Å². The van der Waals surface area contributed by atoms with E-state index in [0.717, 1.165) is 32.6 Å². The summed E-state index contributed by atoms with van der Waals surface area (Å²) in [6.45, 7) is 17.6. The highest BCUT2D eigenvalue weighted by molar-refractivity contribution is 5.78. The Morgan fingerprint density at radius 3 is 2.16 bits per heavy atom. The molecule has 1 atom stereocenters. The molecule has 4 heteroatoms. The lowest BCUT2D eigenvalue weighted by molar-refractivity contribution is 0.0398. The van der Waals surface area contributed by atoms with E-state index in [9.17, 15) is 4.79 Å². The third-order valence-electron chi connectivity index (χ3n) is 6.47. The van der Waals surface area contributed by atoms with Crippen LogP contribution in [-0.2, 0) is 0 Å². The highest BCUT2D eigenvalue weighted by Gasteiger charge is 2.47. The molecule has 2 heterocycles. The van der Waals surface area contributed by atoms with E-state index in [-0.39, 0.29) is 17.1 Å².